The third-order valence-corrected chi connectivity index (χ3v) is 2.57. The second-order valence-electron chi connectivity index (χ2n) is 3.78. The predicted molar refractivity (Wildman–Crippen MR) is 49.5 cm³/mol. The number of hydrogen-bond donors (Lipinski definition) is 2. The van der Waals surface area contributed by atoms with Crippen LogP contribution < -0.4 is 10.1 Å². The first-order valence-electron chi connectivity index (χ1n) is 5.00. The summed E-state index contributed by atoms with van der Waals surface area (Å²) >= 11 is 0. The van der Waals surface area contributed by atoms with E-state index in [1.165, 1.54) is 0 Å². The largest absolute Gasteiger partial charge is 0.480 e. The Morgan fingerprint density at radius 1 is 0.889 bits per heavy atom. The zero-order chi connectivity index (χ0) is 13.4. The maximum absolute atomic E-state index is 13.2. The van der Waals surface area contributed by atoms with Gasteiger partial charge in [-0.2, -0.15) is 8.78 Å². The maximum atomic E-state index is 13.2. The minimum Gasteiger partial charge on any atom is -0.480 e. The van der Waals surface area contributed by atoms with E-state index in [1.54, 1.807) is 0 Å². The van der Waals surface area contributed by atoms with Gasteiger partial charge in [-0.05, 0) is 0 Å². The van der Waals surface area contributed by atoms with Gasteiger partial charge in [0.05, 0.1) is 0 Å². The van der Waals surface area contributed by atoms with Crippen LogP contribution in [0.4, 0.5) is 22.0 Å². The van der Waals surface area contributed by atoms with Gasteiger partial charge in [0.15, 0.2) is 5.75 Å². The van der Waals surface area contributed by atoms with Crippen molar-refractivity contribution in [2.24, 2.45) is 0 Å². The highest BCUT2D eigenvalue weighted by molar-refractivity contribution is 5.30. The van der Waals surface area contributed by atoms with Crippen LogP contribution in [0.1, 0.15) is 0 Å². The smallest absolute Gasteiger partial charge is 0.207 e. The molecule has 1 heterocycles. The van der Waals surface area contributed by atoms with Crippen molar-refractivity contribution in [3.63, 3.8) is 0 Å². The molecule has 1 aliphatic rings. The Bertz CT molecular complexity index is 453. The van der Waals surface area contributed by atoms with E-state index in [9.17, 15) is 27.1 Å². The number of aliphatic hydroxyl groups excluding tert-OH is 1. The van der Waals surface area contributed by atoms with Crippen molar-refractivity contribution >= 4 is 0 Å². The van der Waals surface area contributed by atoms with Gasteiger partial charge in [0, 0.05) is 13.1 Å². The van der Waals surface area contributed by atoms with Gasteiger partial charge >= 0.3 is 0 Å². The van der Waals surface area contributed by atoms with Gasteiger partial charge in [0.25, 0.3) is 0 Å². The molecule has 0 spiro atoms. The van der Waals surface area contributed by atoms with Crippen molar-refractivity contribution in [1.29, 1.82) is 0 Å². The maximum Gasteiger partial charge on any atom is 0.207 e. The summed E-state index contributed by atoms with van der Waals surface area (Å²) in [6.45, 7) is 0.153. The molecule has 18 heavy (non-hydrogen) atoms. The van der Waals surface area contributed by atoms with E-state index >= 15 is 0 Å². The third kappa shape index (κ3) is 2.01. The van der Waals surface area contributed by atoms with Gasteiger partial charge in [-0.1, -0.05) is 0 Å². The van der Waals surface area contributed by atoms with E-state index in [2.05, 4.69) is 10.1 Å². The van der Waals surface area contributed by atoms with E-state index in [0.29, 0.717) is 0 Å². The Labute approximate surface area is 98.2 Å². The van der Waals surface area contributed by atoms with E-state index in [1.807, 2.05) is 0 Å². The molecule has 2 unspecified atom stereocenters. The molecule has 0 radical (unpaired) electrons. The molecule has 1 fully saturated rings. The second-order valence-corrected chi connectivity index (χ2v) is 3.78. The van der Waals surface area contributed by atoms with Crippen molar-refractivity contribution in [1.82, 2.24) is 5.32 Å². The molecule has 0 amide bonds. The van der Waals surface area contributed by atoms with Crippen molar-refractivity contribution in [3.8, 4) is 5.75 Å². The molecule has 2 rings (SSSR count). The monoisotopic (exact) mass is 269 g/mol. The topological polar surface area (TPSA) is 41.5 Å². The van der Waals surface area contributed by atoms with Crippen LogP contribution in [0, 0.1) is 29.1 Å². The number of benzene rings is 1. The molecule has 1 aromatic rings. The molecule has 2 N–H and O–H groups in total. The molecule has 3 nitrogen and oxygen atoms in total. The number of β-amino-alcohol motifs (C(OH)–C–C–N with tert-alkyl or cyclic N) is 1. The summed E-state index contributed by atoms with van der Waals surface area (Å²) in [6, 6.07) is 0. The first kappa shape index (κ1) is 13.0. The number of hydrogen-bond acceptors (Lipinski definition) is 3. The van der Waals surface area contributed by atoms with Crippen LogP contribution in [0.15, 0.2) is 0 Å². The lowest BCUT2D eigenvalue weighted by Crippen LogP contribution is -2.31. The van der Waals surface area contributed by atoms with Crippen LogP contribution in [0.5, 0.6) is 5.75 Å². The summed E-state index contributed by atoms with van der Waals surface area (Å²) in [4.78, 5) is 0. The van der Waals surface area contributed by atoms with Crippen LogP contribution >= 0.6 is 0 Å². The highest BCUT2D eigenvalue weighted by Crippen LogP contribution is 2.30. The van der Waals surface area contributed by atoms with E-state index in [4.69, 9.17) is 0 Å². The lowest BCUT2D eigenvalue weighted by molar-refractivity contribution is 0.0663. The minimum atomic E-state index is -2.25. The first-order valence-corrected chi connectivity index (χ1v) is 5.00. The fraction of sp³-hybridized carbons (Fsp3) is 0.400. The Morgan fingerprint density at radius 2 is 1.39 bits per heavy atom. The quantitative estimate of drug-likeness (QED) is 0.480. The zero-order valence-corrected chi connectivity index (χ0v) is 8.81. The van der Waals surface area contributed by atoms with Crippen LogP contribution in [0.2, 0.25) is 0 Å². The molecule has 1 aliphatic heterocycles. The first-order chi connectivity index (χ1) is 8.43. The summed E-state index contributed by atoms with van der Waals surface area (Å²) in [7, 11) is 0. The SMILES string of the molecule is OC1CNCC1Oc1c(F)c(F)c(F)c(F)c1F. The molecule has 8 heteroatoms. The van der Waals surface area contributed by atoms with Crippen molar-refractivity contribution in [2.75, 3.05) is 13.1 Å². The number of halogens is 5. The molecule has 0 aliphatic carbocycles. The highest BCUT2D eigenvalue weighted by atomic mass is 19.2. The highest BCUT2D eigenvalue weighted by Gasteiger charge is 2.32. The Kier molecular flexibility index (Phi) is 3.40. The Morgan fingerprint density at radius 3 is 1.83 bits per heavy atom. The normalized spacial score (nSPS) is 23.4. The third-order valence-electron chi connectivity index (χ3n) is 2.57. The molecule has 100 valence electrons. The average Bonchev–Trinajstić information content (AvgIpc) is 2.75. The molecule has 1 aromatic carbocycles. The molecule has 0 saturated carbocycles. The van der Waals surface area contributed by atoms with Crippen molar-refractivity contribution in [2.45, 2.75) is 12.2 Å². The second kappa shape index (κ2) is 4.69. The van der Waals surface area contributed by atoms with Gasteiger partial charge in [0.2, 0.25) is 29.1 Å². The van der Waals surface area contributed by atoms with E-state index in [0.717, 1.165) is 0 Å². The fourth-order valence-electron chi connectivity index (χ4n) is 1.60. The summed E-state index contributed by atoms with van der Waals surface area (Å²) in [5.41, 5.74) is 0. The van der Waals surface area contributed by atoms with Gasteiger partial charge in [0.1, 0.15) is 12.2 Å². The molecule has 2 atom stereocenters. The standard InChI is InChI=1S/C10H8F5NO2/c11-5-6(12)8(14)10(9(15)7(5)13)18-4-2-16-1-3(4)17/h3-4,16-17H,1-2H2. The number of rotatable bonds is 2. The van der Waals surface area contributed by atoms with E-state index in [-0.39, 0.29) is 13.1 Å². The molecule has 0 aromatic heterocycles. The summed E-state index contributed by atoms with van der Waals surface area (Å²) < 4.78 is 69.6. The van der Waals surface area contributed by atoms with Gasteiger partial charge < -0.3 is 15.2 Å². The summed E-state index contributed by atoms with van der Waals surface area (Å²) in [5, 5.41) is 12.0. The summed E-state index contributed by atoms with van der Waals surface area (Å²) in [5.74, 6) is -11.9. The van der Waals surface area contributed by atoms with Gasteiger partial charge in [-0.3, -0.25) is 0 Å². The van der Waals surface area contributed by atoms with Gasteiger partial charge in [-0.25, -0.2) is 13.2 Å². The number of nitrogens with one attached hydrogen (secondary N) is 1. The number of aliphatic hydroxyl groups is 1. The molecular weight excluding hydrogens is 261 g/mol. The number of ether oxygens (including phenoxy) is 1. The van der Waals surface area contributed by atoms with Crippen LogP contribution in [-0.2, 0) is 0 Å². The van der Waals surface area contributed by atoms with E-state index < -0.39 is 47.0 Å². The summed E-state index contributed by atoms with van der Waals surface area (Å²) in [6.07, 6.45) is -2.15. The minimum absolute atomic E-state index is 0.0423. The molecule has 0 bridgehead atoms. The fourth-order valence-corrected chi connectivity index (χ4v) is 1.60. The van der Waals surface area contributed by atoms with Crippen LogP contribution in [0.3, 0.4) is 0 Å². The van der Waals surface area contributed by atoms with Crippen LogP contribution in [-0.4, -0.2) is 30.4 Å². The van der Waals surface area contributed by atoms with Crippen LogP contribution in [0.25, 0.3) is 0 Å². The van der Waals surface area contributed by atoms with Gasteiger partial charge in [-0.15, -0.1) is 0 Å². The zero-order valence-electron chi connectivity index (χ0n) is 8.81. The Balaban J connectivity index is 2.38. The lowest BCUT2D eigenvalue weighted by atomic mass is 10.2. The molecular formula is C10H8F5NO2. The lowest BCUT2D eigenvalue weighted by Gasteiger charge is -2.17. The molecule has 1 saturated heterocycles. The predicted octanol–water partition coefficient (Wildman–Crippen LogP) is 1.09. The van der Waals surface area contributed by atoms with Crippen molar-refractivity contribution < 1.29 is 31.8 Å². The Hall–Kier alpha value is -1.41. The average molecular weight is 269 g/mol. The van der Waals surface area contributed by atoms with Crippen molar-refractivity contribution in [3.05, 3.63) is 29.1 Å².